The molecule has 1 saturated carbocycles. The molecule has 2 fully saturated rings. The fraction of sp³-hybridized carbons (Fsp3) is 0.640. The minimum Gasteiger partial charge on any atom is -0.489 e. The number of para-hydroxylation sites is 1. The van der Waals surface area contributed by atoms with Crippen molar-refractivity contribution in [3.63, 3.8) is 0 Å². The standard InChI is InChI=1S/C25H35N3O2.ClH/c1-4-27-17(2)13-26(14-18(27)3)25(29)21-15-28-22(19-9-6-5-7-10-19)16-30-23-12-8-11-20(21)24(23)28;/h8,11-12,15,17-19,22H,4-7,9-10,13-14,16H2,1-3H3;1H/t17-,18+,22-;/m0./s1. The van der Waals surface area contributed by atoms with Gasteiger partial charge in [-0.25, -0.2) is 0 Å². The van der Waals surface area contributed by atoms with Crippen LogP contribution in [0.1, 0.15) is 69.3 Å². The number of aromatic nitrogens is 1. The molecule has 3 aliphatic rings. The fourth-order valence-corrected chi connectivity index (χ4v) is 6.28. The van der Waals surface area contributed by atoms with Gasteiger partial charge in [0.05, 0.1) is 17.1 Å². The van der Waals surface area contributed by atoms with Crippen LogP contribution in [0.15, 0.2) is 24.4 Å². The molecule has 0 N–H and O–H groups in total. The minimum atomic E-state index is 0. The Hall–Kier alpha value is -1.72. The monoisotopic (exact) mass is 445 g/mol. The van der Waals surface area contributed by atoms with Crippen molar-refractivity contribution in [2.75, 3.05) is 26.2 Å². The number of carbonyl (C=O) groups excluding carboxylic acids is 1. The third-order valence-electron chi connectivity index (χ3n) is 7.76. The van der Waals surface area contributed by atoms with Crippen LogP contribution in [0, 0.1) is 5.92 Å². The lowest BCUT2D eigenvalue weighted by Crippen LogP contribution is -2.57. The molecule has 0 radical (unpaired) electrons. The molecule has 170 valence electrons. The van der Waals surface area contributed by atoms with Crippen molar-refractivity contribution in [2.24, 2.45) is 5.92 Å². The lowest BCUT2D eigenvalue weighted by Gasteiger charge is -2.44. The van der Waals surface area contributed by atoms with Gasteiger partial charge in [-0.3, -0.25) is 9.69 Å². The van der Waals surface area contributed by atoms with Crippen LogP contribution in [0.2, 0.25) is 0 Å². The van der Waals surface area contributed by atoms with E-state index in [-0.39, 0.29) is 18.3 Å². The van der Waals surface area contributed by atoms with Gasteiger partial charge >= 0.3 is 0 Å². The van der Waals surface area contributed by atoms with Gasteiger partial charge in [0.25, 0.3) is 5.91 Å². The highest BCUT2D eigenvalue weighted by Gasteiger charge is 2.35. The summed E-state index contributed by atoms with van der Waals surface area (Å²) in [6.07, 6.45) is 8.68. The highest BCUT2D eigenvalue weighted by Crippen LogP contribution is 2.42. The topological polar surface area (TPSA) is 37.7 Å². The first-order valence-corrected chi connectivity index (χ1v) is 11.9. The number of hydrogen-bond acceptors (Lipinski definition) is 3. The molecule has 5 nitrogen and oxygen atoms in total. The van der Waals surface area contributed by atoms with Crippen molar-refractivity contribution in [3.05, 3.63) is 30.0 Å². The molecule has 6 heteroatoms. The highest BCUT2D eigenvalue weighted by molar-refractivity contribution is 6.08. The smallest absolute Gasteiger partial charge is 0.256 e. The molecule has 1 amide bonds. The second-order valence-electron chi connectivity index (χ2n) is 9.62. The number of amides is 1. The Kier molecular flexibility index (Phi) is 6.55. The van der Waals surface area contributed by atoms with E-state index < -0.39 is 0 Å². The summed E-state index contributed by atoms with van der Waals surface area (Å²) in [6, 6.07) is 7.30. The molecule has 1 aromatic heterocycles. The van der Waals surface area contributed by atoms with Crippen molar-refractivity contribution in [3.8, 4) is 5.75 Å². The van der Waals surface area contributed by atoms with Crippen LogP contribution < -0.4 is 4.74 Å². The van der Waals surface area contributed by atoms with Crippen LogP contribution in [0.25, 0.3) is 10.9 Å². The average molecular weight is 446 g/mol. The van der Waals surface area contributed by atoms with Gasteiger partial charge in [0.2, 0.25) is 0 Å². The first kappa shape index (κ1) is 22.5. The maximum Gasteiger partial charge on any atom is 0.256 e. The lowest BCUT2D eigenvalue weighted by molar-refractivity contribution is 0.0331. The Labute approximate surface area is 192 Å². The van der Waals surface area contributed by atoms with E-state index in [9.17, 15) is 4.79 Å². The molecule has 1 aromatic carbocycles. The first-order valence-electron chi connectivity index (χ1n) is 11.9. The van der Waals surface area contributed by atoms with Gasteiger partial charge < -0.3 is 14.2 Å². The van der Waals surface area contributed by atoms with Gasteiger partial charge in [0.15, 0.2) is 0 Å². The van der Waals surface area contributed by atoms with Gasteiger partial charge in [0.1, 0.15) is 12.4 Å². The maximum atomic E-state index is 13.7. The lowest BCUT2D eigenvalue weighted by atomic mass is 9.83. The number of rotatable bonds is 3. The average Bonchev–Trinajstić information content (AvgIpc) is 3.15. The Morgan fingerprint density at radius 3 is 2.48 bits per heavy atom. The molecule has 1 aliphatic carbocycles. The number of benzene rings is 1. The zero-order valence-electron chi connectivity index (χ0n) is 19.0. The Bertz CT molecular complexity index is 924. The Balaban J connectivity index is 0.00000231. The summed E-state index contributed by atoms with van der Waals surface area (Å²) < 4.78 is 8.61. The molecule has 0 spiro atoms. The summed E-state index contributed by atoms with van der Waals surface area (Å²) in [5.74, 6) is 1.75. The Morgan fingerprint density at radius 1 is 1.10 bits per heavy atom. The molecule has 0 bridgehead atoms. The van der Waals surface area contributed by atoms with E-state index in [2.05, 4.69) is 47.4 Å². The van der Waals surface area contributed by atoms with Crippen molar-refractivity contribution in [1.29, 1.82) is 0 Å². The van der Waals surface area contributed by atoms with Crippen LogP contribution in [-0.4, -0.2) is 58.6 Å². The number of carbonyl (C=O) groups is 1. The molecule has 2 aliphatic heterocycles. The quantitative estimate of drug-likeness (QED) is 0.657. The van der Waals surface area contributed by atoms with E-state index in [1.54, 1.807) is 0 Å². The second-order valence-corrected chi connectivity index (χ2v) is 9.62. The van der Waals surface area contributed by atoms with Crippen LogP contribution in [0.5, 0.6) is 5.75 Å². The van der Waals surface area contributed by atoms with Gasteiger partial charge in [-0.05, 0) is 45.2 Å². The summed E-state index contributed by atoms with van der Waals surface area (Å²) >= 11 is 0. The summed E-state index contributed by atoms with van der Waals surface area (Å²) in [6.45, 7) is 10.0. The SMILES string of the molecule is CCN1[C@H](C)CN(C(=O)c2cn3c4c(cccc24)OC[C@H]3C2CCCCC2)C[C@@H]1C.Cl. The summed E-state index contributed by atoms with van der Waals surface area (Å²) in [5.41, 5.74) is 1.97. The number of ether oxygens (including phenoxy) is 1. The second kappa shape index (κ2) is 9.03. The third-order valence-corrected chi connectivity index (χ3v) is 7.76. The van der Waals surface area contributed by atoms with Crippen LogP contribution in [-0.2, 0) is 0 Å². The zero-order chi connectivity index (χ0) is 20.8. The van der Waals surface area contributed by atoms with Gasteiger partial charge in [0, 0.05) is 36.8 Å². The van der Waals surface area contributed by atoms with E-state index in [0.29, 0.717) is 24.0 Å². The van der Waals surface area contributed by atoms with E-state index in [4.69, 9.17) is 4.74 Å². The molecule has 31 heavy (non-hydrogen) atoms. The fourth-order valence-electron chi connectivity index (χ4n) is 6.28. The van der Waals surface area contributed by atoms with Gasteiger partial charge in [-0.2, -0.15) is 0 Å². The van der Waals surface area contributed by atoms with Gasteiger partial charge in [-0.15, -0.1) is 12.4 Å². The molecule has 2 aromatic rings. The van der Waals surface area contributed by atoms with Crippen molar-refractivity contribution in [1.82, 2.24) is 14.4 Å². The number of hydrogen-bond donors (Lipinski definition) is 0. The number of halogens is 1. The summed E-state index contributed by atoms with van der Waals surface area (Å²) in [4.78, 5) is 18.3. The molecule has 5 rings (SSSR count). The third kappa shape index (κ3) is 3.84. The predicted octanol–water partition coefficient (Wildman–Crippen LogP) is 5.13. The molecular formula is C25H36ClN3O2. The van der Waals surface area contributed by atoms with Crippen molar-refractivity contribution < 1.29 is 9.53 Å². The number of likely N-dealkylation sites (N-methyl/N-ethyl adjacent to an activating group) is 1. The molecule has 1 saturated heterocycles. The Morgan fingerprint density at radius 2 is 1.81 bits per heavy atom. The van der Waals surface area contributed by atoms with Crippen molar-refractivity contribution in [2.45, 2.75) is 71.0 Å². The van der Waals surface area contributed by atoms with Crippen LogP contribution in [0.3, 0.4) is 0 Å². The largest absolute Gasteiger partial charge is 0.489 e. The zero-order valence-corrected chi connectivity index (χ0v) is 19.9. The number of piperazine rings is 1. The minimum absolute atomic E-state index is 0. The summed E-state index contributed by atoms with van der Waals surface area (Å²) in [7, 11) is 0. The first-order chi connectivity index (χ1) is 14.6. The highest BCUT2D eigenvalue weighted by atomic mass is 35.5. The van der Waals surface area contributed by atoms with E-state index in [1.807, 2.05) is 12.1 Å². The molecular weight excluding hydrogens is 410 g/mol. The molecule has 3 heterocycles. The molecule has 0 unspecified atom stereocenters. The van der Waals surface area contributed by atoms with E-state index >= 15 is 0 Å². The van der Waals surface area contributed by atoms with Crippen LogP contribution in [0.4, 0.5) is 0 Å². The van der Waals surface area contributed by atoms with E-state index in [1.165, 1.54) is 32.1 Å². The van der Waals surface area contributed by atoms with Crippen LogP contribution >= 0.6 is 12.4 Å². The normalized spacial score (nSPS) is 27.1. The van der Waals surface area contributed by atoms with Gasteiger partial charge in [-0.1, -0.05) is 38.3 Å². The van der Waals surface area contributed by atoms with E-state index in [0.717, 1.165) is 48.5 Å². The van der Waals surface area contributed by atoms with Crippen molar-refractivity contribution >= 4 is 29.2 Å². The maximum absolute atomic E-state index is 13.7. The summed E-state index contributed by atoms with van der Waals surface area (Å²) in [5, 5.41) is 1.05. The molecule has 3 atom stereocenters. The predicted molar refractivity (Wildman–Crippen MR) is 128 cm³/mol. The number of nitrogens with zero attached hydrogens (tertiary/aromatic N) is 3.